The molecule has 0 bridgehead atoms. The Hall–Kier alpha value is -2.57. The van der Waals surface area contributed by atoms with E-state index in [1.165, 1.54) is 4.31 Å². The molecule has 2 aromatic carbocycles. The van der Waals surface area contributed by atoms with Gasteiger partial charge in [-0.3, -0.25) is 0 Å². The summed E-state index contributed by atoms with van der Waals surface area (Å²) in [7, 11) is 1.65. The van der Waals surface area contributed by atoms with E-state index in [4.69, 9.17) is 9.47 Å². The van der Waals surface area contributed by atoms with Crippen LogP contribution in [0.3, 0.4) is 0 Å². The van der Waals surface area contributed by atoms with Gasteiger partial charge < -0.3 is 19.5 Å². The van der Waals surface area contributed by atoms with E-state index in [1.807, 2.05) is 50.2 Å². The molecule has 0 aromatic heterocycles. The Morgan fingerprint density at radius 1 is 1.21 bits per heavy atom. The molecule has 1 heterocycles. The van der Waals surface area contributed by atoms with Crippen molar-refractivity contribution in [1.82, 2.24) is 9.21 Å². The van der Waals surface area contributed by atoms with Crippen LogP contribution in [0.4, 0.5) is 0 Å². The molecule has 0 spiro atoms. The third kappa shape index (κ3) is 5.87. The lowest BCUT2D eigenvalue weighted by atomic mass is 10.0. The average Bonchev–Trinajstić information content (AvgIpc) is 2.79. The summed E-state index contributed by atoms with van der Waals surface area (Å²) in [5.74, 6) is 7.09. The Morgan fingerprint density at radius 2 is 1.91 bits per heavy atom. The standard InChI is InChI=1S/C25H32N2O5S/c1-18-15-27(19(2)17-28)33(29,30)25-12-11-21(14-23(25)32-24(18)16-26(3)4)10-9-20-7-6-8-22(13-20)31-5/h6-8,11-14,18-19,24,28H,15-17H2,1-5H3/t18-,19+,24-/m1/s1. The molecule has 0 saturated heterocycles. The number of methoxy groups -OCH3 is 1. The van der Waals surface area contributed by atoms with Gasteiger partial charge in [0.2, 0.25) is 10.0 Å². The van der Waals surface area contributed by atoms with Crippen molar-refractivity contribution in [3.63, 3.8) is 0 Å². The van der Waals surface area contributed by atoms with Crippen molar-refractivity contribution >= 4 is 10.0 Å². The second kappa shape index (κ2) is 10.6. The number of benzene rings is 2. The SMILES string of the molecule is COc1cccc(C#Cc2ccc3c(c2)O[C@H](CN(C)C)[C@H](C)CN([C@@H](C)CO)S3(=O)=O)c1. The molecule has 0 unspecified atom stereocenters. The third-order valence-electron chi connectivity index (χ3n) is 5.63. The number of ether oxygens (including phenoxy) is 2. The van der Waals surface area contributed by atoms with E-state index in [1.54, 1.807) is 32.2 Å². The molecule has 3 atom stereocenters. The Labute approximate surface area is 197 Å². The van der Waals surface area contributed by atoms with Crippen molar-refractivity contribution in [3.8, 4) is 23.3 Å². The van der Waals surface area contributed by atoms with Gasteiger partial charge >= 0.3 is 0 Å². The molecule has 3 rings (SSSR count). The molecule has 8 heteroatoms. The molecule has 1 aliphatic rings. The first kappa shape index (κ1) is 25.1. The molecule has 2 aromatic rings. The summed E-state index contributed by atoms with van der Waals surface area (Å²) in [4.78, 5) is 2.11. The maximum atomic E-state index is 13.5. The van der Waals surface area contributed by atoms with Gasteiger partial charge in [0.15, 0.2) is 0 Å². The molecule has 0 aliphatic carbocycles. The molecule has 0 saturated carbocycles. The van der Waals surface area contributed by atoms with Gasteiger partial charge in [-0.25, -0.2) is 8.42 Å². The monoisotopic (exact) mass is 472 g/mol. The van der Waals surface area contributed by atoms with Crippen LogP contribution in [0.2, 0.25) is 0 Å². The number of aliphatic hydroxyl groups excluding tert-OH is 1. The third-order valence-corrected chi connectivity index (χ3v) is 7.65. The van der Waals surface area contributed by atoms with E-state index in [0.717, 1.165) is 5.56 Å². The lowest BCUT2D eigenvalue weighted by molar-refractivity contribution is 0.0812. The number of hydrogen-bond donors (Lipinski definition) is 1. The van der Waals surface area contributed by atoms with E-state index < -0.39 is 16.1 Å². The van der Waals surface area contributed by atoms with Crippen molar-refractivity contribution in [2.24, 2.45) is 5.92 Å². The van der Waals surface area contributed by atoms with E-state index in [9.17, 15) is 13.5 Å². The minimum atomic E-state index is -3.86. The van der Waals surface area contributed by atoms with E-state index in [2.05, 4.69) is 11.8 Å². The van der Waals surface area contributed by atoms with Gasteiger partial charge in [0.1, 0.15) is 22.5 Å². The first-order valence-electron chi connectivity index (χ1n) is 10.9. The quantitative estimate of drug-likeness (QED) is 0.674. The maximum Gasteiger partial charge on any atom is 0.247 e. The zero-order valence-electron chi connectivity index (χ0n) is 19.8. The van der Waals surface area contributed by atoms with Crippen LogP contribution in [0.25, 0.3) is 0 Å². The molecule has 7 nitrogen and oxygen atoms in total. The summed E-state index contributed by atoms with van der Waals surface area (Å²) in [6, 6.07) is 11.8. The van der Waals surface area contributed by atoms with Crippen LogP contribution in [0, 0.1) is 17.8 Å². The van der Waals surface area contributed by atoms with Crippen LogP contribution in [0.1, 0.15) is 25.0 Å². The Morgan fingerprint density at radius 3 is 2.55 bits per heavy atom. The summed E-state index contributed by atoms with van der Waals surface area (Å²) < 4.78 is 39.9. The first-order chi connectivity index (χ1) is 15.6. The van der Waals surface area contributed by atoms with Crippen LogP contribution < -0.4 is 9.47 Å². The van der Waals surface area contributed by atoms with Crippen molar-refractivity contribution in [1.29, 1.82) is 0 Å². The van der Waals surface area contributed by atoms with Gasteiger partial charge in [-0.2, -0.15) is 4.31 Å². The minimum Gasteiger partial charge on any atom is -0.497 e. The summed E-state index contributed by atoms with van der Waals surface area (Å²) in [6.45, 7) is 4.31. The molecule has 1 aliphatic heterocycles. The van der Waals surface area contributed by atoms with Gasteiger partial charge in [-0.05, 0) is 57.4 Å². The fraction of sp³-hybridized carbons (Fsp3) is 0.440. The fourth-order valence-corrected chi connectivity index (χ4v) is 5.55. The van der Waals surface area contributed by atoms with Crippen molar-refractivity contribution in [2.75, 3.05) is 40.9 Å². The lowest BCUT2D eigenvalue weighted by Gasteiger charge is -2.37. The second-order valence-corrected chi connectivity index (χ2v) is 10.5. The Balaban J connectivity index is 2.06. The maximum absolute atomic E-state index is 13.5. The van der Waals surface area contributed by atoms with Crippen LogP contribution in [0.5, 0.6) is 11.5 Å². The number of rotatable bonds is 5. The molecular formula is C25H32N2O5S. The van der Waals surface area contributed by atoms with Gasteiger partial charge in [0, 0.05) is 36.2 Å². The van der Waals surface area contributed by atoms with Gasteiger partial charge in [0.05, 0.1) is 13.7 Å². The largest absolute Gasteiger partial charge is 0.497 e. The highest BCUT2D eigenvalue weighted by Crippen LogP contribution is 2.34. The number of fused-ring (bicyclic) bond motifs is 1. The second-order valence-electron chi connectivity index (χ2n) is 8.65. The van der Waals surface area contributed by atoms with Crippen molar-refractivity contribution < 1.29 is 23.0 Å². The topological polar surface area (TPSA) is 79.3 Å². The normalized spacial score (nSPS) is 21.1. The molecule has 0 fully saturated rings. The number of likely N-dealkylation sites (N-methyl/N-ethyl adjacent to an activating group) is 1. The summed E-state index contributed by atoms with van der Waals surface area (Å²) in [5.41, 5.74) is 1.43. The smallest absolute Gasteiger partial charge is 0.247 e. The van der Waals surface area contributed by atoms with Crippen LogP contribution in [0.15, 0.2) is 47.4 Å². The fourth-order valence-electron chi connectivity index (χ4n) is 3.73. The van der Waals surface area contributed by atoms with Gasteiger partial charge in [-0.15, -0.1) is 0 Å². The van der Waals surface area contributed by atoms with E-state index in [0.29, 0.717) is 17.9 Å². The summed E-state index contributed by atoms with van der Waals surface area (Å²) in [6.07, 6.45) is -0.232. The molecule has 33 heavy (non-hydrogen) atoms. The zero-order chi connectivity index (χ0) is 24.2. The highest BCUT2D eigenvalue weighted by molar-refractivity contribution is 7.89. The number of hydrogen-bond acceptors (Lipinski definition) is 6. The molecule has 0 radical (unpaired) electrons. The highest BCUT2D eigenvalue weighted by Gasteiger charge is 2.37. The number of aliphatic hydroxyl groups is 1. The predicted molar refractivity (Wildman–Crippen MR) is 128 cm³/mol. The first-order valence-corrected chi connectivity index (χ1v) is 12.3. The zero-order valence-corrected chi connectivity index (χ0v) is 20.6. The summed E-state index contributed by atoms with van der Waals surface area (Å²) >= 11 is 0. The number of sulfonamides is 1. The van der Waals surface area contributed by atoms with Crippen molar-refractivity contribution in [3.05, 3.63) is 53.6 Å². The van der Waals surface area contributed by atoms with Crippen molar-refractivity contribution in [2.45, 2.75) is 30.9 Å². The lowest BCUT2D eigenvalue weighted by Crippen LogP contribution is -2.49. The molecule has 0 amide bonds. The Bertz CT molecular complexity index is 1140. The average molecular weight is 473 g/mol. The van der Waals surface area contributed by atoms with Crippen LogP contribution in [-0.4, -0.2) is 75.8 Å². The highest BCUT2D eigenvalue weighted by atomic mass is 32.2. The predicted octanol–water partition coefficient (Wildman–Crippen LogP) is 2.43. The summed E-state index contributed by atoms with van der Waals surface area (Å²) in [5, 5.41) is 9.71. The van der Waals surface area contributed by atoms with E-state index in [-0.39, 0.29) is 35.8 Å². The van der Waals surface area contributed by atoms with Crippen LogP contribution in [-0.2, 0) is 10.0 Å². The van der Waals surface area contributed by atoms with E-state index >= 15 is 0 Å². The molecule has 178 valence electrons. The Kier molecular flexibility index (Phi) is 8.03. The van der Waals surface area contributed by atoms with Gasteiger partial charge in [-0.1, -0.05) is 24.8 Å². The molecular weight excluding hydrogens is 440 g/mol. The molecule has 1 N–H and O–H groups in total. The van der Waals surface area contributed by atoms with Crippen LogP contribution >= 0.6 is 0 Å². The van der Waals surface area contributed by atoms with Gasteiger partial charge in [0.25, 0.3) is 0 Å². The number of nitrogens with zero attached hydrogens (tertiary/aromatic N) is 2. The minimum absolute atomic E-state index is 0.0872.